The fourth-order valence-electron chi connectivity index (χ4n) is 0.967. The molecule has 0 amide bonds. The molecule has 1 atom stereocenters. The Morgan fingerprint density at radius 3 is 2.54 bits per heavy atom. The van der Waals surface area contributed by atoms with Gasteiger partial charge in [-0.1, -0.05) is 6.07 Å². The number of thiol groups is 2. The van der Waals surface area contributed by atoms with Crippen molar-refractivity contribution < 1.29 is 9.90 Å². The number of aliphatic carboxylic acids is 1. The van der Waals surface area contributed by atoms with Crippen LogP contribution in [-0.2, 0) is 4.79 Å². The average Bonchev–Trinajstić information content (AvgIpc) is 2.04. The highest BCUT2D eigenvalue weighted by Crippen LogP contribution is 2.24. The van der Waals surface area contributed by atoms with E-state index in [1.54, 1.807) is 24.4 Å². The molecule has 13 heavy (non-hydrogen) atoms. The molecule has 0 aromatic carbocycles. The highest BCUT2D eigenvalue weighted by atomic mass is 32.2. The van der Waals surface area contributed by atoms with Gasteiger partial charge in [-0.3, -0.25) is 9.78 Å². The average molecular weight is 215 g/mol. The number of nitrogens with zero attached hydrogens (tertiary/aromatic N) is 1. The van der Waals surface area contributed by atoms with Crippen molar-refractivity contribution in [1.82, 2.24) is 4.98 Å². The molecule has 0 radical (unpaired) electrons. The Kier molecular flexibility index (Phi) is 3.62. The topological polar surface area (TPSA) is 50.2 Å². The molecule has 0 aliphatic heterocycles. The lowest BCUT2D eigenvalue weighted by Gasteiger charge is -2.13. The number of carboxylic acid groups (broad SMARTS) is 1. The normalized spacial score (nSPS) is 12.8. The summed E-state index contributed by atoms with van der Waals surface area (Å²) in [6.45, 7) is 0. The molecule has 0 bridgehead atoms. The van der Waals surface area contributed by atoms with E-state index in [1.165, 1.54) is 0 Å². The van der Waals surface area contributed by atoms with Gasteiger partial charge in [0.1, 0.15) is 5.92 Å². The van der Waals surface area contributed by atoms with Crippen LogP contribution in [-0.4, -0.2) is 20.6 Å². The molecule has 0 fully saturated rings. The van der Waals surface area contributed by atoms with Gasteiger partial charge >= 0.3 is 5.97 Å². The number of carboxylic acids is 1. The van der Waals surface area contributed by atoms with Gasteiger partial charge in [-0.25, -0.2) is 0 Å². The van der Waals surface area contributed by atoms with Crippen molar-refractivity contribution in [3.05, 3.63) is 30.1 Å². The van der Waals surface area contributed by atoms with Gasteiger partial charge < -0.3 is 5.11 Å². The lowest BCUT2D eigenvalue weighted by atomic mass is 10.1. The maximum atomic E-state index is 10.8. The van der Waals surface area contributed by atoms with Gasteiger partial charge in [0.25, 0.3) is 0 Å². The molecule has 0 aliphatic rings. The SMILES string of the molecule is O=C(O)C(c1ccccn1)C(S)S. The van der Waals surface area contributed by atoms with Crippen LogP contribution in [0.2, 0.25) is 0 Å². The first-order valence-electron chi connectivity index (χ1n) is 3.63. The number of hydrogen-bond acceptors (Lipinski definition) is 4. The van der Waals surface area contributed by atoms with E-state index in [4.69, 9.17) is 5.11 Å². The van der Waals surface area contributed by atoms with Crippen molar-refractivity contribution in [3.8, 4) is 0 Å². The summed E-state index contributed by atoms with van der Waals surface area (Å²) >= 11 is 7.97. The molecule has 0 saturated carbocycles. The number of aromatic nitrogens is 1. The Labute approximate surface area is 87.0 Å². The summed E-state index contributed by atoms with van der Waals surface area (Å²) in [7, 11) is 0. The number of hydrogen-bond donors (Lipinski definition) is 3. The summed E-state index contributed by atoms with van der Waals surface area (Å²) in [4.78, 5) is 14.7. The van der Waals surface area contributed by atoms with Crippen molar-refractivity contribution in [1.29, 1.82) is 0 Å². The molecule has 5 heteroatoms. The summed E-state index contributed by atoms with van der Waals surface area (Å²) in [5.74, 6) is -1.73. The molecule has 0 aliphatic carbocycles. The van der Waals surface area contributed by atoms with Gasteiger partial charge in [0.05, 0.1) is 10.3 Å². The minimum absolute atomic E-state index is 0.477. The summed E-state index contributed by atoms with van der Waals surface area (Å²) < 4.78 is -0.549. The molecule has 3 nitrogen and oxygen atoms in total. The van der Waals surface area contributed by atoms with Crippen LogP contribution >= 0.6 is 25.3 Å². The van der Waals surface area contributed by atoms with Crippen molar-refractivity contribution in [2.45, 2.75) is 10.5 Å². The first-order chi connectivity index (χ1) is 6.13. The van der Waals surface area contributed by atoms with E-state index in [0.29, 0.717) is 5.69 Å². The third-order valence-electron chi connectivity index (χ3n) is 1.57. The highest BCUT2D eigenvalue weighted by molar-refractivity contribution is 7.99. The summed E-state index contributed by atoms with van der Waals surface area (Å²) in [6.07, 6.45) is 1.55. The second kappa shape index (κ2) is 4.53. The van der Waals surface area contributed by atoms with Gasteiger partial charge in [-0.15, -0.1) is 0 Å². The lowest BCUT2D eigenvalue weighted by Crippen LogP contribution is -2.19. The molecule has 1 heterocycles. The quantitative estimate of drug-likeness (QED) is 0.528. The molecule has 0 spiro atoms. The second-order valence-electron chi connectivity index (χ2n) is 2.48. The van der Waals surface area contributed by atoms with E-state index in [2.05, 4.69) is 30.2 Å². The van der Waals surface area contributed by atoms with Crippen molar-refractivity contribution in [2.75, 3.05) is 0 Å². The Morgan fingerprint density at radius 2 is 2.15 bits per heavy atom. The van der Waals surface area contributed by atoms with Crippen molar-refractivity contribution in [2.24, 2.45) is 0 Å². The third kappa shape index (κ3) is 2.63. The van der Waals surface area contributed by atoms with Crippen LogP contribution in [0.25, 0.3) is 0 Å². The largest absolute Gasteiger partial charge is 0.481 e. The molecule has 1 aromatic heterocycles. The maximum absolute atomic E-state index is 10.8. The van der Waals surface area contributed by atoms with E-state index in [1.807, 2.05) is 0 Å². The first kappa shape index (κ1) is 10.4. The van der Waals surface area contributed by atoms with E-state index in [9.17, 15) is 4.79 Å². The van der Waals surface area contributed by atoms with Crippen LogP contribution in [0, 0.1) is 0 Å². The van der Waals surface area contributed by atoms with E-state index < -0.39 is 16.5 Å². The minimum Gasteiger partial charge on any atom is -0.481 e. The summed E-state index contributed by atoms with van der Waals surface area (Å²) in [5, 5.41) is 8.86. The fraction of sp³-hybridized carbons (Fsp3) is 0.250. The summed E-state index contributed by atoms with van der Waals surface area (Å²) in [6, 6.07) is 5.12. The second-order valence-corrected chi connectivity index (χ2v) is 4.00. The molecule has 70 valence electrons. The first-order valence-corrected chi connectivity index (χ1v) is 4.66. The van der Waals surface area contributed by atoms with Gasteiger partial charge in [-0.05, 0) is 12.1 Å². The monoisotopic (exact) mass is 215 g/mol. The lowest BCUT2D eigenvalue weighted by molar-refractivity contribution is -0.138. The maximum Gasteiger partial charge on any atom is 0.314 e. The molecule has 1 unspecified atom stereocenters. The predicted molar refractivity (Wildman–Crippen MR) is 56.4 cm³/mol. The van der Waals surface area contributed by atoms with Gasteiger partial charge in [-0.2, -0.15) is 25.3 Å². The number of carbonyl (C=O) groups is 1. The standard InChI is InChI=1S/C8H9NO2S2/c10-7(11)6(8(12)13)5-3-1-2-4-9-5/h1-4,6,8,12-13H,(H,10,11). The molecule has 1 aromatic rings. The third-order valence-corrected chi connectivity index (χ3v) is 2.17. The Hall–Kier alpha value is -0.680. The van der Waals surface area contributed by atoms with Crippen LogP contribution < -0.4 is 0 Å². The molecular weight excluding hydrogens is 206 g/mol. The van der Waals surface area contributed by atoms with Crippen LogP contribution in [0.3, 0.4) is 0 Å². The van der Waals surface area contributed by atoms with Crippen molar-refractivity contribution >= 4 is 31.2 Å². The predicted octanol–water partition coefficient (Wildman–Crippen LogP) is 1.44. The van der Waals surface area contributed by atoms with E-state index >= 15 is 0 Å². The van der Waals surface area contributed by atoms with Crippen LogP contribution in [0.5, 0.6) is 0 Å². The van der Waals surface area contributed by atoms with E-state index in [-0.39, 0.29) is 0 Å². The zero-order valence-corrected chi connectivity index (χ0v) is 8.45. The Balaban J connectivity index is 2.96. The van der Waals surface area contributed by atoms with Crippen molar-refractivity contribution in [3.63, 3.8) is 0 Å². The van der Waals surface area contributed by atoms with Gasteiger partial charge in [0, 0.05) is 6.20 Å². The Bertz CT molecular complexity index is 289. The summed E-state index contributed by atoms with van der Waals surface area (Å²) in [5.41, 5.74) is 0.477. The smallest absolute Gasteiger partial charge is 0.314 e. The Morgan fingerprint density at radius 1 is 1.46 bits per heavy atom. The minimum atomic E-state index is -0.964. The van der Waals surface area contributed by atoms with Crippen LogP contribution in [0.15, 0.2) is 24.4 Å². The van der Waals surface area contributed by atoms with Gasteiger partial charge in [0.15, 0.2) is 0 Å². The number of pyridine rings is 1. The van der Waals surface area contributed by atoms with Crippen LogP contribution in [0.4, 0.5) is 0 Å². The number of rotatable bonds is 3. The van der Waals surface area contributed by atoms with E-state index in [0.717, 1.165) is 0 Å². The zero-order valence-electron chi connectivity index (χ0n) is 6.66. The fourth-order valence-corrected chi connectivity index (χ4v) is 1.53. The van der Waals surface area contributed by atoms with Crippen LogP contribution in [0.1, 0.15) is 11.6 Å². The molecule has 1 N–H and O–H groups in total. The molecule has 1 rings (SSSR count). The highest BCUT2D eigenvalue weighted by Gasteiger charge is 2.25. The van der Waals surface area contributed by atoms with Gasteiger partial charge in [0.2, 0.25) is 0 Å². The zero-order chi connectivity index (χ0) is 9.84. The molecular formula is C8H9NO2S2. The molecule has 0 saturated heterocycles.